The first-order chi connectivity index (χ1) is 13.7. The lowest BCUT2D eigenvalue weighted by Gasteiger charge is -2.33. The van der Waals surface area contributed by atoms with E-state index >= 15 is 0 Å². The van der Waals surface area contributed by atoms with Crippen LogP contribution in [0.15, 0.2) is 58.2 Å². The molecular formula is C20H16ClN5O2. The predicted molar refractivity (Wildman–Crippen MR) is 103 cm³/mol. The van der Waals surface area contributed by atoms with Crippen LogP contribution >= 0.6 is 11.6 Å². The maximum atomic E-state index is 12.5. The molecule has 0 amide bonds. The maximum absolute atomic E-state index is 12.5. The third kappa shape index (κ3) is 3.07. The van der Waals surface area contributed by atoms with Crippen molar-refractivity contribution in [2.45, 2.75) is 31.2 Å². The topological polar surface area (TPSA) is 86.7 Å². The number of halogens is 1. The van der Waals surface area contributed by atoms with Gasteiger partial charge in [0.15, 0.2) is 11.5 Å². The Morgan fingerprint density at radius 2 is 1.93 bits per heavy atom. The Balaban J connectivity index is 1.29. The standard InChI is InChI=1S/C20H16ClN5O2/c21-15-5-3-12(4-6-15)13-8-14(9-13)18-24-17(28-25-18)10-26-11-23-19-16(20(26)27)2-1-7-22-19/h1-7,11,13-14H,8-10H2. The summed E-state index contributed by atoms with van der Waals surface area (Å²) in [4.78, 5) is 25.3. The second-order valence-corrected chi connectivity index (χ2v) is 7.45. The van der Waals surface area contributed by atoms with Crippen LogP contribution in [0.5, 0.6) is 0 Å². The normalized spacial score (nSPS) is 18.9. The second kappa shape index (κ2) is 6.83. The molecule has 3 aromatic heterocycles. The third-order valence-corrected chi connectivity index (χ3v) is 5.48. The lowest BCUT2D eigenvalue weighted by molar-refractivity contribution is 0.315. The van der Waals surface area contributed by atoms with Crippen LogP contribution in [0.3, 0.4) is 0 Å². The van der Waals surface area contributed by atoms with Crippen molar-refractivity contribution in [1.29, 1.82) is 0 Å². The smallest absolute Gasteiger partial charge is 0.263 e. The molecular weight excluding hydrogens is 378 g/mol. The summed E-state index contributed by atoms with van der Waals surface area (Å²) in [6, 6.07) is 11.4. The monoisotopic (exact) mass is 393 g/mol. The molecule has 0 radical (unpaired) electrons. The number of hydrogen-bond acceptors (Lipinski definition) is 6. The van der Waals surface area contributed by atoms with Crippen molar-refractivity contribution in [3.05, 3.63) is 81.6 Å². The highest BCUT2D eigenvalue weighted by Gasteiger charge is 2.34. The summed E-state index contributed by atoms with van der Waals surface area (Å²) in [5.74, 6) is 1.86. The van der Waals surface area contributed by atoms with Gasteiger partial charge in [0, 0.05) is 17.1 Å². The van der Waals surface area contributed by atoms with Crippen molar-refractivity contribution in [3.8, 4) is 0 Å². The van der Waals surface area contributed by atoms with E-state index in [9.17, 15) is 4.79 Å². The van der Waals surface area contributed by atoms with Crippen LogP contribution in [0.25, 0.3) is 11.0 Å². The van der Waals surface area contributed by atoms with Crippen LogP contribution in [0.2, 0.25) is 5.02 Å². The molecule has 0 atom stereocenters. The lowest BCUT2D eigenvalue weighted by atomic mass is 9.71. The van der Waals surface area contributed by atoms with Gasteiger partial charge < -0.3 is 4.52 Å². The van der Waals surface area contributed by atoms with Crippen molar-refractivity contribution in [2.24, 2.45) is 0 Å². The number of nitrogens with zero attached hydrogens (tertiary/aromatic N) is 5. The van der Waals surface area contributed by atoms with E-state index in [1.807, 2.05) is 12.1 Å². The molecule has 0 bridgehead atoms. The first kappa shape index (κ1) is 17.1. The molecule has 1 aliphatic carbocycles. The van der Waals surface area contributed by atoms with Gasteiger partial charge >= 0.3 is 0 Å². The number of pyridine rings is 1. The Hall–Kier alpha value is -3.06. The zero-order valence-electron chi connectivity index (χ0n) is 14.8. The minimum absolute atomic E-state index is 0.177. The van der Waals surface area contributed by atoms with Gasteiger partial charge in [-0.05, 0) is 48.6 Å². The van der Waals surface area contributed by atoms with E-state index in [0.717, 1.165) is 17.9 Å². The molecule has 0 N–H and O–H groups in total. The van der Waals surface area contributed by atoms with Gasteiger partial charge in [-0.1, -0.05) is 28.9 Å². The van der Waals surface area contributed by atoms with E-state index in [4.69, 9.17) is 16.1 Å². The number of benzene rings is 1. The molecule has 0 unspecified atom stereocenters. The van der Waals surface area contributed by atoms with Crippen molar-refractivity contribution in [3.63, 3.8) is 0 Å². The highest BCUT2D eigenvalue weighted by molar-refractivity contribution is 6.30. The SMILES string of the molecule is O=c1c2cccnc2ncn1Cc1nc(C2CC(c3ccc(Cl)cc3)C2)no1. The van der Waals surface area contributed by atoms with Crippen LogP contribution in [-0.2, 0) is 6.54 Å². The van der Waals surface area contributed by atoms with Crippen molar-refractivity contribution in [2.75, 3.05) is 0 Å². The minimum atomic E-state index is -0.177. The fourth-order valence-electron chi connectivity index (χ4n) is 3.59. The molecule has 1 aliphatic rings. The number of hydrogen-bond donors (Lipinski definition) is 0. The summed E-state index contributed by atoms with van der Waals surface area (Å²) < 4.78 is 6.82. The van der Waals surface area contributed by atoms with Gasteiger partial charge in [-0.3, -0.25) is 9.36 Å². The molecule has 4 aromatic rings. The predicted octanol–water partition coefficient (Wildman–Crippen LogP) is 3.54. The molecule has 3 heterocycles. The van der Waals surface area contributed by atoms with Crippen molar-refractivity contribution in [1.82, 2.24) is 24.7 Å². The first-order valence-electron chi connectivity index (χ1n) is 9.05. The summed E-state index contributed by atoms with van der Waals surface area (Å²) >= 11 is 5.95. The second-order valence-electron chi connectivity index (χ2n) is 7.02. The van der Waals surface area contributed by atoms with Gasteiger partial charge in [-0.15, -0.1) is 0 Å². The Bertz CT molecular complexity index is 1200. The molecule has 0 saturated heterocycles. The van der Waals surface area contributed by atoms with E-state index in [2.05, 4.69) is 32.2 Å². The molecule has 28 heavy (non-hydrogen) atoms. The number of fused-ring (bicyclic) bond motifs is 1. The minimum Gasteiger partial charge on any atom is -0.337 e. The molecule has 7 nitrogen and oxygen atoms in total. The molecule has 1 aromatic carbocycles. The van der Waals surface area contributed by atoms with Crippen LogP contribution < -0.4 is 5.56 Å². The molecule has 0 aliphatic heterocycles. The zero-order chi connectivity index (χ0) is 19.1. The summed E-state index contributed by atoms with van der Waals surface area (Å²) in [6.07, 6.45) is 5.02. The van der Waals surface area contributed by atoms with E-state index in [0.29, 0.717) is 28.7 Å². The van der Waals surface area contributed by atoms with Crippen LogP contribution in [0.1, 0.15) is 42.0 Å². The van der Waals surface area contributed by atoms with Gasteiger partial charge in [-0.25, -0.2) is 9.97 Å². The molecule has 0 spiro atoms. The van der Waals surface area contributed by atoms with Crippen molar-refractivity contribution < 1.29 is 4.52 Å². The molecule has 5 rings (SSSR count). The highest BCUT2D eigenvalue weighted by Crippen LogP contribution is 2.46. The van der Waals surface area contributed by atoms with Gasteiger partial charge in [0.25, 0.3) is 5.56 Å². The van der Waals surface area contributed by atoms with Gasteiger partial charge in [0.05, 0.1) is 5.39 Å². The van der Waals surface area contributed by atoms with Gasteiger partial charge in [0.2, 0.25) is 5.89 Å². The summed E-state index contributed by atoms with van der Waals surface area (Å²) in [5, 5.41) is 5.33. The van der Waals surface area contributed by atoms with E-state index < -0.39 is 0 Å². The van der Waals surface area contributed by atoms with E-state index in [1.54, 1.807) is 18.3 Å². The largest absolute Gasteiger partial charge is 0.337 e. The Morgan fingerprint density at radius 3 is 2.75 bits per heavy atom. The van der Waals surface area contributed by atoms with E-state index in [1.165, 1.54) is 16.5 Å². The van der Waals surface area contributed by atoms with E-state index in [-0.39, 0.29) is 18.0 Å². The molecule has 1 fully saturated rings. The average Bonchev–Trinajstić information content (AvgIpc) is 3.13. The number of rotatable bonds is 4. The summed E-state index contributed by atoms with van der Waals surface area (Å²) in [5.41, 5.74) is 1.54. The van der Waals surface area contributed by atoms with Crippen molar-refractivity contribution >= 4 is 22.6 Å². The quantitative estimate of drug-likeness (QED) is 0.527. The Kier molecular flexibility index (Phi) is 4.16. The van der Waals surface area contributed by atoms with Gasteiger partial charge in [-0.2, -0.15) is 4.98 Å². The highest BCUT2D eigenvalue weighted by atomic mass is 35.5. The lowest BCUT2D eigenvalue weighted by Crippen LogP contribution is -2.22. The zero-order valence-corrected chi connectivity index (χ0v) is 15.6. The number of aromatic nitrogens is 5. The summed E-state index contributed by atoms with van der Waals surface area (Å²) in [6.45, 7) is 0.191. The molecule has 8 heteroatoms. The first-order valence-corrected chi connectivity index (χ1v) is 9.43. The fraction of sp³-hybridized carbons (Fsp3) is 0.250. The summed E-state index contributed by atoms with van der Waals surface area (Å²) in [7, 11) is 0. The average molecular weight is 394 g/mol. The molecule has 1 saturated carbocycles. The maximum Gasteiger partial charge on any atom is 0.263 e. The van der Waals surface area contributed by atoms with Crippen LogP contribution in [0.4, 0.5) is 0 Å². The van der Waals surface area contributed by atoms with Gasteiger partial charge in [0.1, 0.15) is 12.9 Å². The van der Waals surface area contributed by atoms with Crippen LogP contribution in [0, 0.1) is 0 Å². The fourth-order valence-corrected chi connectivity index (χ4v) is 3.72. The Labute approximate surface area is 165 Å². The van der Waals surface area contributed by atoms with Crippen LogP contribution in [-0.4, -0.2) is 24.7 Å². The molecule has 140 valence electrons. The Morgan fingerprint density at radius 1 is 1.11 bits per heavy atom. The third-order valence-electron chi connectivity index (χ3n) is 5.23.